The Bertz CT molecular complexity index is 354. The van der Waals surface area contributed by atoms with Gasteiger partial charge in [-0.1, -0.05) is 37.0 Å². The molecule has 1 aromatic carbocycles. The Morgan fingerprint density at radius 1 is 1.06 bits per heavy atom. The van der Waals surface area contributed by atoms with Gasteiger partial charge < -0.3 is 10.6 Å². The Balaban J connectivity index is 2.12. The molecular weight excluding hydrogens is 267 g/mol. The third-order valence-electron chi connectivity index (χ3n) is 2.61. The number of nitrogens with one attached hydrogen (secondary N) is 2. The third-order valence-corrected chi connectivity index (χ3v) is 3.21. The Kier molecular flexibility index (Phi) is 7.68. The normalized spacial score (nSPS) is 11.2. The van der Waals surface area contributed by atoms with Gasteiger partial charge in [-0.15, -0.1) is 0 Å². The molecule has 0 atom stereocenters. The molecule has 0 aliphatic carbocycles. The maximum absolute atomic E-state index is 6.09. The van der Waals surface area contributed by atoms with E-state index in [4.69, 9.17) is 23.2 Å². The van der Waals surface area contributed by atoms with Crippen LogP contribution < -0.4 is 10.6 Å². The van der Waals surface area contributed by atoms with Gasteiger partial charge in [-0.25, -0.2) is 0 Å². The molecule has 1 aromatic rings. The van der Waals surface area contributed by atoms with Gasteiger partial charge in [0.1, 0.15) is 0 Å². The molecular formula is C14H22Cl2N2. The standard InChI is InChI=1S/C14H22Cl2N2/c1-11(2)10-18-8-7-17-6-5-12-9-13(15)3-4-14(12)16/h3-4,9,11,17-18H,5-8,10H2,1-2H3. The summed E-state index contributed by atoms with van der Waals surface area (Å²) in [5, 5.41) is 8.32. The fourth-order valence-corrected chi connectivity index (χ4v) is 2.06. The summed E-state index contributed by atoms with van der Waals surface area (Å²) in [6.07, 6.45) is 0.906. The molecule has 0 heterocycles. The van der Waals surface area contributed by atoms with Crippen LogP contribution in [0.3, 0.4) is 0 Å². The maximum Gasteiger partial charge on any atom is 0.0439 e. The molecule has 18 heavy (non-hydrogen) atoms. The van der Waals surface area contributed by atoms with E-state index >= 15 is 0 Å². The summed E-state index contributed by atoms with van der Waals surface area (Å²) in [5.41, 5.74) is 1.10. The highest BCUT2D eigenvalue weighted by atomic mass is 35.5. The van der Waals surface area contributed by atoms with E-state index in [-0.39, 0.29) is 0 Å². The largest absolute Gasteiger partial charge is 0.315 e. The molecule has 2 N–H and O–H groups in total. The van der Waals surface area contributed by atoms with Crippen molar-refractivity contribution in [2.24, 2.45) is 5.92 Å². The molecule has 0 saturated carbocycles. The molecule has 0 saturated heterocycles. The molecule has 0 aromatic heterocycles. The van der Waals surface area contributed by atoms with Gasteiger partial charge in [-0.3, -0.25) is 0 Å². The summed E-state index contributed by atoms with van der Waals surface area (Å²) in [5.74, 6) is 0.704. The van der Waals surface area contributed by atoms with E-state index in [9.17, 15) is 0 Å². The van der Waals surface area contributed by atoms with E-state index in [0.717, 1.165) is 48.2 Å². The maximum atomic E-state index is 6.09. The van der Waals surface area contributed by atoms with Crippen LogP contribution in [0.15, 0.2) is 18.2 Å². The van der Waals surface area contributed by atoms with Gasteiger partial charge in [0.05, 0.1) is 0 Å². The van der Waals surface area contributed by atoms with E-state index in [1.54, 1.807) is 0 Å². The van der Waals surface area contributed by atoms with E-state index in [1.165, 1.54) is 0 Å². The smallest absolute Gasteiger partial charge is 0.0439 e. The second-order valence-corrected chi connectivity index (χ2v) is 5.68. The van der Waals surface area contributed by atoms with Crippen molar-refractivity contribution in [3.05, 3.63) is 33.8 Å². The highest BCUT2D eigenvalue weighted by molar-refractivity contribution is 6.33. The number of hydrogen-bond acceptors (Lipinski definition) is 2. The lowest BCUT2D eigenvalue weighted by Crippen LogP contribution is -2.30. The van der Waals surface area contributed by atoms with Crippen LogP contribution in [0.1, 0.15) is 19.4 Å². The minimum Gasteiger partial charge on any atom is -0.315 e. The quantitative estimate of drug-likeness (QED) is 0.717. The zero-order chi connectivity index (χ0) is 13.4. The van der Waals surface area contributed by atoms with E-state index in [0.29, 0.717) is 5.92 Å². The Morgan fingerprint density at radius 2 is 1.78 bits per heavy atom. The fraction of sp³-hybridized carbons (Fsp3) is 0.571. The van der Waals surface area contributed by atoms with Crippen LogP contribution in [0.5, 0.6) is 0 Å². The third kappa shape index (κ3) is 6.60. The van der Waals surface area contributed by atoms with Gasteiger partial charge in [-0.2, -0.15) is 0 Å². The molecule has 4 heteroatoms. The van der Waals surface area contributed by atoms with E-state index in [1.807, 2.05) is 18.2 Å². The van der Waals surface area contributed by atoms with Crippen LogP contribution in [0, 0.1) is 5.92 Å². The van der Waals surface area contributed by atoms with Gasteiger partial charge in [-0.05, 0) is 49.2 Å². The fourth-order valence-electron chi connectivity index (χ4n) is 1.65. The molecule has 0 radical (unpaired) electrons. The molecule has 102 valence electrons. The number of benzene rings is 1. The monoisotopic (exact) mass is 288 g/mol. The summed E-state index contributed by atoms with van der Waals surface area (Å²) >= 11 is 12.0. The first kappa shape index (κ1) is 15.8. The van der Waals surface area contributed by atoms with Crippen molar-refractivity contribution in [2.45, 2.75) is 20.3 Å². The topological polar surface area (TPSA) is 24.1 Å². The highest BCUT2D eigenvalue weighted by Gasteiger charge is 2.00. The van der Waals surface area contributed by atoms with Crippen LogP contribution in [0.2, 0.25) is 10.0 Å². The first-order valence-corrected chi connectivity index (χ1v) is 7.20. The summed E-state index contributed by atoms with van der Waals surface area (Å²) in [4.78, 5) is 0. The van der Waals surface area contributed by atoms with Gasteiger partial charge >= 0.3 is 0 Å². The molecule has 1 rings (SSSR count). The van der Waals surface area contributed by atoms with Crippen LogP contribution >= 0.6 is 23.2 Å². The molecule has 0 bridgehead atoms. The van der Waals surface area contributed by atoms with E-state index < -0.39 is 0 Å². The zero-order valence-electron chi connectivity index (χ0n) is 11.1. The van der Waals surface area contributed by atoms with Gasteiger partial charge in [0.25, 0.3) is 0 Å². The van der Waals surface area contributed by atoms with Crippen LogP contribution in [0.25, 0.3) is 0 Å². The van der Waals surface area contributed by atoms with Crippen molar-refractivity contribution in [1.29, 1.82) is 0 Å². The molecule has 2 nitrogen and oxygen atoms in total. The van der Waals surface area contributed by atoms with Gasteiger partial charge in [0.2, 0.25) is 0 Å². The molecule has 0 spiro atoms. The minimum atomic E-state index is 0.704. The second kappa shape index (κ2) is 8.76. The molecule has 0 aliphatic rings. The summed E-state index contributed by atoms with van der Waals surface area (Å²) < 4.78 is 0. The molecule has 0 amide bonds. The summed E-state index contributed by atoms with van der Waals surface area (Å²) in [7, 11) is 0. The minimum absolute atomic E-state index is 0.704. The Hall–Kier alpha value is -0.280. The average Bonchev–Trinajstić information content (AvgIpc) is 2.32. The Morgan fingerprint density at radius 3 is 2.50 bits per heavy atom. The van der Waals surface area contributed by atoms with Crippen molar-refractivity contribution >= 4 is 23.2 Å². The van der Waals surface area contributed by atoms with Gasteiger partial charge in [0.15, 0.2) is 0 Å². The lowest BCUT2D eigenvalue weighted by atomic mass is 10.1. The lowest BCUT2D eigenvalue weighted by Gasteiger charge is -2.09. The first-order valence-electron chi connectivity index (χ1n) is 6.45. The van der Waals surface area contributed by atoms with Crippen LogP contribution in [-0.4, -0.2) is 26.2 Å². The predicted octanol–water partition coefficient (Wildman–Crippen LogP) is 3.37. The second-order valence-electron chi connectivity index (χ2n) is 4.83. The van der Waals surface area contributed by atoms with Gasteiger partial charge in [0, 0.05) is 23.1 Å². The van der Waals surface area contributed by atoms with E-state index in [2.05, 4.69) is 24.5 Å². The molecule has 0 aliphatic heterocycles. The van der Waals surface area contributed by atoms with Crippen molar-refractivity contribution in [2.75, 3.05) is 26.2 Å². The SMILES string of the molecule is CC(C)CNCCNCCc1cc(Cl)ccc1Cl. The zero-order valence-corrected chi connectivity index (χ0v) is 12.6. The number of hydrogen-bond donors (Lipinski definition) is 2. The van der Waals surface area contributed by atoms with Crippen LogP contribution in [0.4, 0.5) is 0 Å². The molecule has 0 fully saturated rings. The predicted molar refractivity (Wildman–Crippen MR) is 80.7 cm³/mol. The summed E-state index contributed by atoms with van der Waals surface area (Å²) in [6.45, 7) is 8.39. The highest BCUT2D eigenvalue weighted by Crippen LogP contribution is 2.20. The lowest BCUT2D eigenvalue weighted by molar-refractivity contribution is 0.536. The first-order chi connectivity index (χ1) is 8.59. The number of halogens is 2. The number of rotatable bonds is 8. The van der Waals surface area contributed by atoms with Crippen molar-refractivity contribution < 1.29 is 0 Å². The van der Waals surface area contributed by atoms with Crippen molar-refractivity contribution in [3.8, 4) is 0 Å². The summed E-state index contributed by atoms with van der Waals surface area (Å²) in [6, 6.07) is 5.60. The molecule has 0 unspecified atom stereocenters. The van der Waals surface area contributed by atoms with Crippen molar-refractivity contribution in [1.82, 2.24) is 10.6 Å². The average molecular weight is 289 g/mol. The van der Waals surface area contributed by atoms with Crippen molar-refractivity contribution in [3.63, 3.8) is 0 Å². The van der Waals surface area contributed by atoms with Crippen LogP contribution in [-0.2, 0) is 6.42 Å². The Labute approximate surface area is 120 Å².